The lowest BCUT2D eigenvalue weighted by Crippen LogP contribution is -2.55. The fourth-order valence-corrected chi connectivity index (χ4v) is 3.46. The molecule has 2 unspecified atom stereocenters. The van der Waals surface area contributed by atoms with Crippen LogP contribution in [0, 0.1) is 11.3 Å². The molecule has 19 heavy (non-hydrogen) atoms. The van der Waals surface area contributed by atoms with Gasteiger partial charge in [0.15, 0.2) is 5.79 Å². The number of hydrogen-bond donors (Lipinski definition) is 1. The summed E-state index contributed by atoms with van der Waals surface area (Å²) >= 11 is 0. The standard InChI is InChI=1S/C16H31NO2/c1-15(2,3)13-8-6-7-9-14(13)17-12-10-18-16(4,5)19-11-12/h12-14,17H,6-11H2,1-5H3. The van der Waals surface area contributed by atoms with Crippen LogP contribution >= 0.6 is 0 Å². The predicted octanol–water partition coefficient (Wildman–Crippen LogP) is 3.33. The number of rotatable bonds is 2. The lowest BCUT2D eigenvalue weighted by atomic mass is 9.69. The van der Waals surface area contributed by atoms with E-state index in [-0.39, 0.29) is 0 Å². The second kappa shape index (κ2) is 5.71. The van der Waals surface area contributed by atoms with Gasteiger partial charge in [-0.1, -0.05) is 33.6 Å². The van der Waals surface area contributed by atoms with E-state index in [1.165, 1.54) is 25.7 Å². The lowest BCUT2D eigenvalue weighted by Gasteiger charge is -2.44. The zero-order valence-electron chi connectivity index (χ0n) is 13.3. The molecular formula is C16H31NO2. The topological polar surface area (TPSA) is 30.5 Å². The summed E-state index contributed by atoms with van der Waals surface area (Å²) in [5.41, 5.74) is 0.383. The van der Waals surface area contributed by atoms with Crippen LogP contribution in [0.1, 0.15) is 60.3 Å². The van der Waals surface area contributed by atoms with Crippen molar-refractivity contribution in [2.45, 2.75) is 78.2 Å². The SMILES string of the molecule is CC1(C)OCC(NC2CCCCC2C(C)(C)C)CO1. The highest BCUT2D eigenvalue weighted by atomic mass is 16.7. The quantitative estimate of drug-likeness (QED) is 0.834. The third-order valence-electron chi connectivity index (χ3n) is 4.59. The van der Waals surface area contributed by atoms with Crippen LogP contribution in [0.25, 0.3) is 0 Å². The summed E-state index contributed by atoms with van der Waals surface area (Å²) in [6.07, 6.45) is 5.37. The average molecular weight is 269 g/mol. The van der Waals surface area contributed by atoms with Gasteiger partial charge in [-0.25, -0.2) is 0 Å². The summed E-state index contributed by atoms with van der Waals surface area (Å²) in [4.78, 5) is 0. The van der Waals surface area contributed by atoms with Crippen LogP contribution in [-0.4, -0.2) is 31.1 Å². The molecule has 0 aromatic carbocycles. The first-order chi connectivity index (χ1) is 8.78. The molecule has 1 N–H and O–H groups in total. The van der Waals surface area contributed by atoms with Crippen molar-refractivity contribution in [3.8, 4) is 0 Å². The molecule has 3 nitrogen and oxygen atoms in total. The van der Waals surface area contributed by atoms with Crippen LogP contribution in [0.15, 0.2) is 0 Å². The van der Waals surface area contributed by atoms with E-state index in [0.717, 1.165) is 19.1 Å². The normalized spacial score (nSPS) is 33.3. The molecule has 0 aromatic heterocycles. The summed E-state index contributed by atoms with van der Waals surface area (Å²) in [6, 6.07) is 0.966. The Hall–Kier alpha value is -0.120. The number of nitrogens with one attached hydrogen (secondary N) is 1. The van der Waals surface area contributed by atoms with Crippen molar-refractivity contribution in [3.63, 3.8) is 0 Å². The lowest BCUT2D eigenvalue weighted by molar-refractivity contribution is -0.254. The molecule has 1 aliphatic heterocycles. The van der Waals surface area contributed by atoms with E-state index in [1.54, 1.807) is 0 Å². The zero-order valence-corrected chi connectivity index (χ0v) is 13.3. The summed E-state index contributed by atoms with van der Waals surface area (Å²) in [7, 11) is 0. The summed E-state index contributed by atoms with van der Waals surface area (Å²) in [5, 5.41) is 3.80. The maximum atomic E-state index is 5.76. The maximum absolute atomic E-state index is 5.76. The van der Waals surface area contributed by atoms with Gasteiger partial charge < -0.3 is 14.8 Å². The molecule has 112 valence electrons. The Balaban J connectivity index is 1.90. The molecule has 0 spiro atoms. The number of ether oxygens (including phenoxy) is 2. The van der Waals surface area contributed by atoms with Gasteiger partial charge in [0.05, 0.1) is 19.3 Å². The maximum Gasteiger partial charge on any atom is 0.162 e. The third kappa shape index (κ3) is 4.17. The fraction of sp³-hybridized carbons (Fsp3) is 1.00. The Morgan fingerprint density at radius 1 is 1.00 bits per heavy atom. The monoisotopic (exact) mass is 269 g/mol. The average Bonchev–Trinajstić information content (AvgIpc) is 2.31. The molecule has 1 saturated heterocycles. The second-order valence-corrected chi connectivity index (χ2v) is 7.75. The Kier molecular flexibility index (Phi) is 4.59. The first kappa shape index (κ1) is 15.3. The minimum absolute atomic E-state index is 0.348. The molecule has 0 aromatic rings. The van der Waals surface area contributed by atoms with Gasteiger partial charge in [0.1, 0.15) is 0 Å². The smallest absolute Gasteiger partial charge is 0.162 e. The van der Waals surface area contributed by atoms with Gasteiger partial charge in [-0.2, -0.15) is 0 Å². The molecule has 1 aliphatic carbocycles. The fourth-order valence-electron chi connectivity index (χ4n) is 3.46. The predicted molar refractivity (Wildman–Crippen MR) is 78.1 cm³/mol. The Labute approximate surface area is 118 Å². The molecule has 3 heteroatoms. The Morgan fingerprint density at radius 2 is 1.58 bits per heavy atom. The van der Waals surface area contributed by atoms with Crippen LogP contribution < -0.4 is 5.32 Å². The molecule has 2 atom stereocenters. The number of hydrogen-bond acceptors (Lipinski definition) is 3. The molecule has 2 rings (SSSR count). The highest BCUT2D eigenvalue weighted by Gasteiger charge is 2.36. The van der Waals surface area contributed by atoms with Gasteiger partial charge in [-0.15, -0.1) is 0 Å². The van der Waals surface area contributed by atoms with Crippen molar-refractivity contribution in [1.82, 2.24) is 5.32 Å². The van der Waals surface area contributed by atoms with Crippen molar-refractivity contribution < 1.29 is 9.47 Å². The van der Waals surface area contributed by atoms with Crippen molar-refractivity contribution in [2.75, 3.05) is 13.2 Å². The minimum Gasteiger partial charge on any atom is -0.349 e. The molecule has 1 heterocycles. The van der Waals surface area contributed by atoms with E-state index in [4.69, 9.17) is 9.47 Å². The summed E-state index contributed by atoms with van der Waals surface area (Å²) in [6.45, 7) is 12.6. The Bertz CT molecular complexity index is 286. The summed E-state index contributed by atoms with van der Waals surface area (Å²) in [5.74, 6) is 0.352. The van der Waals surface area contributed by atoms with E-state index in [9.17, 15) is 0 Å². The van der Waals surface area contributed by atoms with Crippen LogP contribution in [-0.2, 0) is 9.47 Å². The summed E-state index contributed by atoms with van der Waals surface area (Å²) < 4.78 is 11.5. The molecular weight excluding hydrogens is 238 g/mol. The van der Waals surface area contributed by atoms with E-state index in [2.05, 4.69) is 26.1 Å². The van der Waals surface area contributed by atoms with Crippen LogP contribution in [0.2, 0.25) is 0 Å². The second-order valence-electron chi connectivity index (χ2n) is 7.75. The van der Waals surface area contributed by atoms with Gasteiger partial charge in [-0.05, 0) is 38.0 Å². The molecule has 2 aliphatic rings. The highest BCUT2D eigenvalue weighted by Crippen LogP contribution is 2.38. The van der Waals surface area contributed by atoms with E-state index >= 15 is 0 Å². The van der Waals surface area contributed by atoms with Gasteiger partial charge in [0.25, 0.3) is 0 Å². The van der Waals surface area contributed by atoms with E-state index in [0.29, 0.717) is 17.5 Å². The van der Waals surface area contributed by atoms with Gasteiger partial charge in [0, 0.05) is 6.04 Å². The molecule has 1 saturated carbocycles. The molecule has 0 bridgehead atoms. The van der Waals surface area contributed by atoms with Crippen molar-refractivity contribution in [1.29, 1.82) is 0 Å². The van der Waals surface area contributed by atoms with Gasteiger partial charge in [0.2, 0.25) is 0 Å². The van der Waals surface area contributed by atoms with Gasteiger partial charge >= 0.3 is 0 Å². The highest BCUT2D eigenvalue weighted by molar-refractivity contribution is 4.90. The van der Waals surface area contributed by atoms with E-state index in [1.807, 2.05) is 13.8 Å². The van der Waals surface area contributed by atoms with Crippen LogP contribution in [0.5, 0.6) is 0 Å². The molecule has 0 amide bonds. The minimum atomic E-state index is -0.409. The van der Waals surface area contributed by atoms with Crippen LogP contribution in [0.4, 0.5) is 0 Å². The van der Waals surface area contributed by atoms with Crippen molar-refractivity contribution >= 4 is 0 Å². The van der Waals surface area contributed by atoms with E-state index < -0.39 is 5.79 Å². The largest absolute Gasteiger partial charge is 0.349 e. The zero-order chi connectivity index (χ0) is 14.1. The first-order valence-corrected chi connectivity index (χ1v) is 7.82. The Morgan fingerprint density at radius 3 is 2.16 bits per heavy atom. The van der Waals surface area contributed by atoms with Crippen LogP contribution in [0.3, 0.4) is 0 Å². The first-order valence-electron chi connectivity index (χ1n) is 7.82. The van der Waals surface area contributed by atoms with Crippen molar-refractivity contribution in [2.24, 2.45) is 11.3 Å². The van der Waals surface area contributed by atoms with Gasteiger partial charge in [-0.3, -0.25) is 0 Å². The van der Waals surface area contributed by atoms with Crippen molar-refractivity contribution in [3.05, 3.63) is 0 Å². The third-order valence-corrected chi connectivity index (χ3v) is 4.59. The molecule has 0 radical (unpaired) electrons. The molecule has 2 fully saturated rings.